The first kappa shape index (κ1) is 13.0. The zero-order valence-electron chi connectivity index (χ0n) is 10.5. The van der Waals surface area contributed by atoms with Gasteiger partial charge in [0.15, 0.2) is 0 Å². The Labute approximate surface area is 95.2 Å². The molecule has 90 valence electrons. The fraction of sp³-hybridized carbons (Fsp3) is 1.00. The third kappa shape index (κ3) is 4.52. The Balaban J connectivity index is 2.38. The second-order valence-corrected chi connectivity index (χ2v) is 5.10. The lowest BCUT2D eigenvalue weighted by molar-refractivity contribution is 0.133. The molecule has 2 heteroatoms. The van der Waals surface area contributed by atoms with Gasteiger partial charge in [-0.05, 0) is 51.2 Å². The van der Waals surface area contributed by atoms with Crippen LogP contribution in [0.4, 0.5) is 0 Å². The van der Waals surface area contributed by atoms with Crippen LogP contribution in [-0.4, -0.2) is 30.6 Å². The van der Waals surface area contributed by atoms with Crippen molar-refractivity contribution in [2.24, 2.45) is 11.7 Å². The molecule has 1 rings (SSSR count). The zero-order valence-corrected chi connectivity index (χ0v) is 10.5. The number of hydrogen-bond donors (Lipinski definition) is 1. The van der Waals surface area contributed by atoms with Crippen molar-refractivity contribution in [1.29, 1.82) is 0 Å². The monoisotopic (exact) mass is 212 g/mol. The third-order valence-corrected chi connectivity index (χ3v) is 3.59. The maximum atomic E-state index is 5.60. The molecule has 0 radical (unpaired) electrons. The van der Waals surface area contributed by atoms with E-state index in [0.29, 0.717) is 0 Å². The van der Waals surface area contributed by atoms with Crippen molar-refractivity contribution >= 4 is 0 Å². The van der Waals surface area contributed by atoms with Crippen LogP contribution in [0.15, 0.2) is 0 Å². The Morgan fingerprint density at radius 3 is 2.67 bits per heavy atom. The highest BCUT2D eigenvalue weighted by atomic mass is 15.1. The van der Waals surface area contributed by atoms with Crippen LogP contribution in [0.25, 0.3) is 0 Å². The van der Waals surface area contributed by atoms with Gasteiger partial charge in [0.25, 0.3) is 0 Å². The molecule has 0 spiro atoms. The summed E-state index contributed by atoms with van der Waals surface area (Å²) in [5.41, 5.74) is 5.60. The highest BCUT2D eigenvalue weighted by Crippen LogP contribution is 2.27. The Kier molecular flexibility index (Phi) is 6.26. The molecule has 2 atom stereocenters. The molecule has 1 aliphatic rings. The van der Waals surface area contributed by atoms with Crippen LogP contribution in [-0.2, 0) is 0 Å². The van der Waals surface area contributed by atoms with Crippen LogP contribution in [0, 0.1) is 5.92 Å². The SMILES string of the molecule is CCCN(CCCN)C1CCCC(C)C1. The van der Waals surface area contributed by atoms with Crippen LogP contribution < -0.4 is 5.73 Å². The first-order valence-electron chi connectivity index (χ1n) is 6.72. The van der Waals surface area contributed by atoms with Gasteiger partial charge < -0.3 is 10.6 Å². The minimum absolute atomic E-state index is 0.836. The van der Waals surface area contributed by atoms with Crippen LogP contribution in [0.3, 0.4) is 0 Å². The van der Waals surface area contributed by atoms with Gasteiger partial charge in [0, 0.05) is 6.04 Å². The second-order valence-electron chi connectivity index (χ2n) is 5.10. The van der Waals surface area contributed by atoms with Gasteiger partial charge in [-0.3, -0.25) is 0 Å². The quantitative estimate of drug-likeness (QED) is 0.733. The molecular weight excluding hydrogens is 184 g/mol. The topological polar surface area (TPSA) is 29.3 Å². The number of nitrogens with two attached hydrogens (primary N) is 1. The number of rotatable bonds is 6. The fourth-order valence-corrected chi connectivity index (χ4v) is 2.79. The van der Waals surface area contributed by atoms with Crippen molar-refractivity contribution in [2.45, 2.75) is 58.4 Å². The van der Waals surface area contributed by atoms with Gasteiger partial charge in [-0.25, -0.2) is 0 Å². The summed E-state index contributed by atoms with van der Waals surface area (Å²) in [5, 5.41) is 0. The van der Waals surface area contributed by atoms with Gasteiger partial charge in [0.05, 0.1) is 0 Å². The standard InChI is InChI=1S/C13H28N2/c1-3-9-15(10-5-8-14)13-7-4-6-12(2)11-13/h12-13H,3-11,14H2,1-2H3. The predicted octanol–water partition coefficient (Wildman–Crippen LogP) is 2.63. The van der Waals surface area contributed by atoms with E-state index in [2.05, 4.69) is 18.7 Å². The molecule has 1 saturated carbocycles. The maximum Gasteiger partial charge on any atom is 0.00978 e. The zero-order chi connectivity index (χ0) is 11.1. The third-order valence-electron chi connectivity index (χ3n) is 3.59. The summed E-state index contributed by atoms with van der Waals surface area (Å²) in [6, 6.07) is 0.847. The summed E-state index contributed by atoms with van der Waals surface area (Å²) < 4.78 is 0. The summed E-state index contributed by atoms with van der Waals surface area (Å²) in [7, 11) is 0. The molecule has 2 nitrogen and oxygen atoms in total. The lowest BCUT2D eigenvalue weighted by Crippen LogP contribution is -2.40. The van der Waals surface area contributed by atoms with Crippen molar-refractivity contribution in [2.75, 3.05) is 19.6 Å². The Hall–Kier alpha value is -0.0800. The molecule has 0 saturated heterocycles. The average molecular weight is 212 g/mol. The molecule has 1 fully saturated rings. The van der Waals surface area contributed by atoms with E-state index in [4.69, 9.17) is 5.73 Å². The normalized spacial score (nSPS) is 27.2. The predicted molar refractivity (Wildman–Crippen MR) is 67.0 cm³/mol. The molecule has 0 aliphatic heterocycles. The molecule has 15 heavy (non-hydrogen) atoms. The second kappa shape index (κ2) is 7.24. The summed E-state index contributed by atoms with van der Waals surface area (Å²) in [5.74, 6) is 0.931. The van der Waals surface area contributed by atoms with Gasteiger partial charge in [0.1, 0.15) is 0 Å². The lowest BCUT2D eigenvalue weighted by Gasteiger charge is -2.36. The first-order chi connectivity index (χ1) is 7.27. The van der Waals surface area contributed by atoms with Crippen LogP contribution in [0.5, 0.6) is 0 Å². The van der Waals surface area contributed by atoms with E-state index in [9.17, 15) is 0 Å². The summed E-state index contributed by atoms with van der Waals surface area (Å²) in [6.07, 6.45) is 8.11. The highest BCUT2D eigenvalue weighted by molar-refractivity contribution is 4.78. The van der Waals surface area contributed by atoms with E-state index in [0.717, 1.165) is 24.9 Å². The van der Waals surface area contributed by atoms with E-state index in [1.165, 1.54) is 45.2 Å². The van der Waals surface area contributed by atoms with Crippen molar-refractivity contribution in [3.8, 4) is 0 Å². The van der Waals surface area contributed by atoms with Crippen molar-refractivity contribution in [3.05, 3.63) is 0 Å². The van der Waals surface area contributed by atoms with E-state index in [1.54, 1.807) is 0 Å². The van der Waals surface area contributed by atoms with Gasteiger partial charge in [-0.2, -0.15) is 0 Å². The average Bonchev–Trinajstić information content (AvgIpc) is 2.24. The molecule has 2 unspecified atom stereocenters. The van der Waals surface area contributed by atoms with Crippen LogP contribution in [0.2, 0.25) is 0 Å². The Morgan fingerprint density at radius 1 is 1.27 bits per heavy atom. The molecule has 0 aromatic rings. The number of nitrogens with zero attached hydrogens (tertiary/aromatic N) is 1. The molecule has 1 aliphatic carbocycles. The smallest absolute Gasteiger partial charge is 0.00978 e. The van der Waals surface area contributed by atoms with Gasteiger partial charge in [-0.1, -0.05) is 26.7 Å². The summed E-state index contributed by atoms with van der Waals surface area (Å²) in [6.45, 7) is 7.99. The van der Waals surface area contributed by atoms with Gasteiger partial charge in [-0.15, -0.1) is 0 Å². The van der Waals surface area contributed by atoms with Crippen molar-refractivity contribution < 1.29 is 0 Å². The van der Waals surface area contributed by atoms with Crippen molar-refractivity contribution in [3.63, 3.8) is 0 Å². The first-order valence-corrected chi connectivity index (χ1v) is 6.72. The van der Waals surface area contributed by atoms with Crippen LogP contribution in [0.1, 0.15) is 52.4 Å². The van der Waals surface area contributed by atoms with Gasteiger partial charge in [0.2, 0.25) is 0 Å². The van der Waals surface area contributed by atoms with Gasteiger partial charge >= 0.3 is 0 Å². The molecule has 0 bridgehead atoms. The fourth-order valence-electron chi connectivity index (χ4n) is 2.79. The van der Waals surface area contributed by atoms with E-state index < -0.39 is 0 Å². The molecule has 2 N–H and O–H groups in total. The largest absolute Gasteiger partial charge is 0.330 e. The molecule has 0 heterocycles. The minimum Gasteiger partial charge on any atom is -0.330 e. The Bertz CT molecular complexity index is 159. The van der Waals surface area contributed by atoms with E-state index >= 15 is 0 Å². The lowest BCUT2D eigenvalue weighted by atomic mass is 9.86. The summed E-state index contributed by atoms with van der Waals surface area (Å²) >= 11 is 0. The molecule has 0 amide bonds. The highest BCUT2D eigenvalue weighted by Gasteiger charge is 2.23. The Morgan fingerprint density at radius 2 is 2.07 bits per heavy atom. The minimum atomic E-state index is 0.836. The maximum absolute atomic E-state index is 5.60. The van der Waals surface area contributed by atoms with Crippen LogP contribution >= 0.6 is 0 Å². The molecular formula is C13H28N2. The molecule has 0 aromatic heterocycles. The van der Waals surface area contributed by atoms with E-state index in [-0.39, 0.29) is 0 Å². The van der Waals surface area contributed by atoms with Crippen molar-refractivity contribution in [1.82, 2.24) is 4.90 Å². The molecule has 0 aromatic carbocycles. The summed E-state index contributed by atoms with van der Waals surface area (Å²) in [4.78, 5) is 2.68. The number of hydrogen-bond acceptors (Lipinski definition) is 2. The van der Waals surface area contributed by atoms with E-state index in [1.807, 2.05) is 0 Å².